The molecule has 9 unspecified atom stereocenters. The van der Waals surface area contributed by atoms with E-state index in [-0.39, 0.29) is 195 Å². The largest absolute Gasteiger partial charge is 1.00 e. The maximum atomic E-state index is 12.1. The molecule has 2 saturated carbocycles. The average molecular weight is 2160 g/mol. The third-order valence-corrected chi connectivity index (χ3v) is 26.3. The van der Waals surface area contributed by atoms with Crippen molar-refractivity contribution in [3.8, 4) is 0 Å². The Hall–Kier alpha value is -3.42. The van der Waals surface area contributed by atoms with E-state index in [1.165, 1.54) is 20.8 Å². The number of hydrogen-bond donors (Lipinski definition) is 2. The number of nitrogens with one attached hydrogen (secondary N) is 1. The first kappa shape index (κ1) is 153. The molecule has 2 fully saturated rings. The van der Waals surface area contributed by atoms with Gasteiger partial charge < -0.3 is 85.0 Å². The standard InChI is InChI=1S/C20H38O7S.C16H26O7S.C16H30O7S.C16H35O4P.C8H14O7S.C6H11NO6S.4CH3.Ag.2Na/c1-5-9-11-16(7-3)14-26-19(21)13-18(28(23,24)25)20(22)27-15-17(8-4)12-10-6-2;17-15(22-12-7-3-1-4-8-12)11-14(24(19,20)21)16(18)23-13-9-5-2-6-10-13;1-3-5-7-9-11-22-15(17)13-14(24(19,20)21)16(18)23-12-10-8-6-4-2;1-5-9-11-15(7-3)13-19-21(17,18)20-14-16(8-4)12-10-6-2;1-3-14-7(9)5-6(16(11,12)13)8(10)15-4-2;1-2-7-6(10)4(3-5(8)9)14(11,12)13;;;;;;;/h16-18H,5-15H2,1-4H3,(H,23,24,25);12-14H,1-11H2,(H,19,20,21);14H,3-13H2,1-2H3,(H,19,20,21);15-16H,5-14H2,1-4H3,(H,17,18);6H,3-5H2,1-2H3,(H,11,12,13);4H,2-3H2,1H3,(H,7,10)(H,8,9)(H,11,12,13);4*1H3;;;/q;;;;;;7*+1/p-6. The number of esters is 8. The summed E-state index contributed by atoms with van der Waals surface area (Å²) in [6, 6.07) is 0. The van der Waals surface area contributed by atoms with E-state index in [9.17, 15) is 122 Å². The second-order valence-electron chi connectivity index (χ2n) is 30.7. The molecule has 784 valence electrons. The minimum absolute atomic E-state index is 0. The van der Waals surface area contributed by atoms with Crippen molar-refractivity contribution in [1.29, 1.82) is 0 Å². The van der Waals surface area contributed by atoms with Crippen molar-refractivity contribution in [2.45, 2.75) is 379 Å². The van der Waals surface area contributed by atoms with E-state index in [0.29, 0.717) is 37.5 Å². The number of carboxylic acid groups (broad SMARTS) is 1. The molecule has 0 aromatic heterocycles. The van der Waals surface area contributed by atoms with Gasteiger partial charge in [0.1, 0.15) is 68.0 Å². The zero-order valence-electron chi connectivity index (χ0n) is 83.1. The second-order valence-corrected chi connectivity index (χ2v) is 39.9. The maximum Gasteiger partial charge on any atom is 1.00 e. The fourth-order valence-electron chi connectivity index (χ4n) is 12.0. The molecule has 0 aliphatic heterocycles. The van der Waals surface area contributed by atoms with Gasteiger partial charge in [0.25, 0.3) is 7.82 Å². The van der Waals surface area contributed by atoms with Crippen molar-refractivity contribution >= 4 is 118 Å². The van der Waals surface area contributed by atoms with Gasteiger partial charge in [0.15, 0.2) is 21.0 Å². The Bertz CT molecular complexity index is 3710. The summed E-state index contributed by atoms with van der Waals surface area (Å²) in [7, 11) is -29.0. The van der Waals surface area contributed by atoms with Gasteiger partial charge in [-0.3, -0.25) is 52.5 Å². The van der Waals surface area contributed by atoms with Crippen LogP contribution in [-0.2, 0) is 172 Å². The van der Waals surface area contributed by atoms with Crippen molar-refractivity contribution < 1.29 is 256 Å². The van der Waals surface area contributed by atoms with E-state index >= 15 is 0 Å². The normalized spacial score (nSPS) is 14.9. The molecule has 2 rings (SSSR count). The Balaban J connectivity index is -0.000000151. The summed E-state index contributed by atoms with van der Waals surface area (Å²) in [4.78, 5) is 127. The number of carbonyl (C=O) groups is 10. The molecule has 0 saturated heterocycles. The van der Waals surface area contributed by atoms with Crippen LogP contribution in [0.4, 0.5) is 0 Å². The van der Waals surface area contributed by atoms with E-state index < -0.39 is 176 Å². The third kappa shape index (κ3) is 82.2. The first-order valence-corrected chi connectivity index (χ1v) is 53.5. The molecule has 0 aromatic rings. The van der Waals surface area contributed by atoms with Crippen LogP contribution >= 0.6 is 7.82 Å². The van der Waals surface area contributed by atoms with Crippen molar-refractivity contribution in [2.24, 2.45) is 23.7 Å². The van der Waals surface area contributed by atoms with Gasteiger partial charge in [0.05, 0.1) is 85.0 Å². The first-order valence-electron chi connectivity index (χ1n) is 44.7. The Morgan fingerprint density at radius 3 is 0.963 bits per heavy atom. The van der Waals surface area contributed by atoms with E-state index in [1.54, 1.807) is 0 Å². The molecule has 39 nitrogen and oxygen atoms in total. The van der Waals surface area contributed by atoms with E-state index in [0.717, 1.165) is 193 Å². The van der Waals surface area contributed by atoms with Crippen LogP contribution in [0.1, 0.15) is 340 Å². The molecular formula is C86H160AgNNa2O38PS5+. The van der Waals surface area contributed by atoms with E-state index in [1.807, 2.05) is 27.7 Å². The van der Waals surface area contributed by atoms with E-state index in [4.69, 9.17) is 42.6 Å². The molecule has 9 atom stereocenters. The fraction of sp³-hybridized carbons (Fsp3) is 0.837. The number of aliphatic carboxylic acids is 1. The molecule has 0 radical (unpaired) electrons. The van der Waals surface area contributed by atoms with Gasteiger partial charge in [-0.2, -0.15) is 0 Å². The molecule has 2 aliphatic carbocycles. The molecular weight excluding hydrogens is 2000 g/mol. The number of carboxylic acids is 1. The Labute approximate surface area is 863 Å². The van der Waals surface area contributed by atoms with Gasteiger partial charge in [-0.25, -0.2) is 42.1 Å². The van der Waals surface area contributed by atoms with Crippen molar-refractivity contribution in [3.63, 3.8) is 0 Å². The van der Waals surface area contributed by atoms with Gasteiger partial charge in [0, 0.05) is 36.3 Å². The van der Waals surface area contributed by atoms with Gasteiger partial charge >= 0.3 is 135 Å². The number of amides is 1. The van der Waals surface area contributed by atoms with Crippen molar-refractivity contribution in [1.82, 2.24) is 5.32 Å². The summed E-state index contributed by atoms with van der Waals surface area (Å²) in [6.07, 6.45) is 26.6. The summed E-state index contributed by atoms with van der Waals surface area (Å²) in [5, 5.41) is 0.156. The maximum absolute atomic E-state index is 12.1. The summed E-state index contributed by atoms with van der Waals surface area (Å²) >= 11 is 0. The number of ether oxygens (including phenoxy) is 8. The van der Waals surface area contributed by atoms with Crippen LogP contribution in [-0.4, -0.2) is 227 Å². The number of phosphoric acid groups is 1. The smallest absolute Gasteiger partial charge is 0.756 e. The van der Waals surface area contributed by atoms with Crippen molar-refractivity contribution in [3.05, 3.63) is 29.7 Å². The second kappa shape index (κ2) is 89.7. The van der Waals surface area contributed by atoms with Crippen LogP contribution in [0.3, 0.4) is 0 Å². The monoisotopic (exact) mass is 2160 g/mol. The fourth-order valence-corrected chi connectivity index (χ4v) is 16.2. The SMILES string of the molecule is CCCCC(CC)COC(=O)CC(C(=O)OCC(CC)CCCC)S(=O)(=O)[O-].CCCCC(CC)COP(=O)([O-])OCC(CC)CCCC.CCCCCCOC(=O)CC(C(=O)OCCCCCC)S(=O)(=O)[O-].CCNC(=O)C(CC(=O)O)S(=O)(=O)[O-].CCOC(=O)CC(C(=O)OCC)S(=O)(=O)[O-].O=C(CC(C(=O)OC1CCCCC1)S(=O)(=O)[O-])OC1CCCCC1.[Ag+].[CH3+].[CH3+].[CH3+].[CH3+].[Na+].[Na+]. The summed E-state index contributed by atoms with van der Waals surface area (Å²) < 4.78 is 227. The molecule has 0 spiro atoms. The molecule has 1 amide bonds. The van der Waals surface area contributed by atoms with Crippen LogP contribution in [0, 0.1) is 53.4 Å². The predicted molar refractivity (Wildman–Crippen MR) is 487 cm³/mol. The zero-order valence-corrected chi connectivity index (χ0v) is 93.6. The summed E-state index contributed by atoms with van der Waals surface area (Å²) in [5.41, 5.74) is 0. The van der Waals surface area contributed by atoms with Crippen LogP contribution in [0.25, 0.3) is 0 Å². The average Bonchev–Trinajstić information content (AvgIpc) is 0.843. The molecule has 2 N–H and O–H groups in total. The van der Waals surface area contributed by atoms with Crippen molar-refractivity contribution in [2.75, 3.05) is 59.4 Å². The number of carbonyl (C=O) groups excluding carboxylic acids is 9. The minimum Gasteiger partial charge on any atom is -0.756 e. The molecule has 0 aromatic carbocycles. The van der Waals surface area contributed by atoms with Crippen LogP contribution < -0.4 is 69.3 Å². The van der Waals surface area contributed by atoms with Crippen LogP contribution in [0.2, 0.25) is 0 Å². The molecule has 2 aliphatic rings. The summed E-state index contributed by atoms with van der Waals surface area (Å²) in [6.45, 7) is 26.0. The molecule has 0 bridgehead atoms. The number of phosphoric ester groups is 1. The Morgan fingerprint density at radius 1 is 0.351 bits per heavy atom. The van der Waals surface area contributed by atoms with E-state index in [2.05, 4.69) is 56.3 Å². The van der Waals surface area contributed by atoms with Gasteiger partial charge in [-0.05, 0) is 134 Å². The Kier molecular flexibility index (Phi) is 103. The quantitative estimate of drug-likeness (QED) is 0.0117. The minimum atomic E-state index is -5.01. The number of hydrogen-bond acceptors (Lipinski definition) is 37. The zero-order chi connectivity index (χ0) is 97.8. The van der Waals surface area contributed by atoms with Crippen LogP contribution in [0.5, 0.6) is 0 Å². The topological polar surface area (TPSA) is 621 Å². The molecule has 48 heteroatoms. The first-order chi connectivity index (χ1) is 59.5. The van der Waals surface area contributed by atoms with Gasteiger partial charge in [0.2, 0.25) is 5.91 Å². The summed E-state index contributed by atoms with van der Waals surface area (Å²) in [5.74, 6) is -9.90. The molecule has 134 heavy (non-hydrogen) atoms. The van der Waals surface area contributed by atoms with Crippen LogP contribution in [0.15, 0.2) is 0 Å². The van der Waals surface area contributed by atoms with Gasteiger partial charge in [-0.15, -0.1) is 0 Å². The van der Waals surface area contributed by atoms with Gasteiger partial charge in [-0.1, -0.05) is 198 Å². The third-order valence-electron chi connectivity index (χ3n) is 20.0. The number of unbranched alkanes of at least 4 members (excludes halogenated alkanes) is 10. The molecule has 0 heterocycles. The Morgan fingerprint density at radius 2 is 0.642 bits per heavy atom. The number of rotatable bonds is 61. The predicted octanol–water partition coefficient (Wildman–Crippen LogP) is 7.04.